The summed E-state index contributed by atoms with van der Waals surface area (Å²) in [5.74, 6) is 1.60. The standard InChI is InChI=1S/C22H28BrNO3/c1-4-6-13-26-21-10-8-7-9-19(21)24-22(25)15-27-20-12-11-17(14-18(20)23)16(3)5-2/h7-12,14,16H,4-6,13,15H2,1-3H3,(H,24,25). The first-order valence-corrected chi connectivity index (χ1v) is 10.3. The second-order valence-electron chi connectivity index (χ2n) is 6.53. The van der Waals surface area contributed by atoms with Crippen LogP contribution in [0, 0.1) is 0 Å². The van der Waals surface area contributed by atoms with E-state index in [1.165, 1.54) is 5.56 Å². The van der Waals surface area contributed by atoms with Crippen LogP contribution in [0.1, 0.15) is 51.5 Å². The summed E-state index contributed by atoms with van der Waals surface area (Å²) in [6.07, 6.45) is 3.12. The number of carbonyl (C=O) groups is 1. The molecule has 1 atom stereocenters. The van der Waals surface area contributed by atoms with Crippen LogP contribution in [0.3, 0.4) is 0 Å². The molecule has 2 rings (SSSR count). The van der Waals surface area contributed by atoms with Gasteiger partial charge in [-0.2, -0.15) is 0 Å². The SMILES string of the molecule is CCCCOc1ccccc1NC(=O)COc1ccc(C(C)CC)cc1Br. The van der Waals surface area contributed by atoms with E-state index in [9.17, 15) is 4.79 Å². The highest BCUT2D eigenvalue weighted by Gasteiger charge is 2.11. The zero-order valence-electron chi connectivity index (χ0n) is 16.3. The van der Waals surface area contributed by atoms with Crippen LogP contribution in [-0.2, 0) is 4.79 Å². The van der Waals surface area contributed by atoms with Crippen LogP contribution >= 0.6 is 15.9 Å². The molecule has 0 bridgehead atoms. The average molecular weight is 434 g/mol. The summed E-state index contributed by atoms with van der Waals surface area (Å²) in [7, 11) is 0. The molecule has 0 heterocycles. The summed E-state index contributed by atoms with van der Waals surface area (Å²) in [6, 6.07) is 13.4. The Balaban J connectivity index is 1.93. The molecule has 5 heteroatoms. The molecular weight excluding hydrogens is 406 g/mol. The zero-order chi connectivity index (χ0) is 19.6. The van der Waals surface area contributed by atoms with E-state index in [1.54, 1.807) is 0 Å². The summed E-state index contributed by atoms with van der Waals surface area (Å²) in [6.45, 7) is 7.04. The third-order valence-electron chi connectivity index (χ3n) is 4.41. The maximum Gasteiger partial charge on any atom is 0.262 e. The first-order valence-electron chi connectivity index (χ1n) is 9.49. The van der Waals surface area contributed by atoms with Gasteiger partial charge in [0, 0.05) is 0 Å². The Morgan fingerprint density at radius 1 is 1.11 bits per heavy atom. The number of rotatable bonds is 10. The van der Waals surface area contributed by atoms with E-state index in [0.717, 1.165) is 23.7 Å². The third kappa shape index (κ3) is 6.58. The minimum atomic E-state index is -0.223. The lowest BCUT2D eigenvalue weighted by Gasteiger charge is -2.14. The molecule has 2 aromatic carbocycles. The summed E-state index contributed by atoms with van der Waals surface area (Å²) < 4.78 is 12.3. The fourth-order valence-electron chi connectivity index (χ4n) is 2.53. The largest absolute Gasteiger partial charge is 0.491 e. The minimum Gasteiger partial charge on any atom is -0.491 e. The van der Waals surface area contributed by atoms with E-state index < -0.39 is 0 Å². The highest BCUT2D eigenvalue weighted by molar-refractivity contribution is 9.10. The normalized spacial score (nSPS) is 11.7. The van der Waals surface area contributed by atoms with Crippen LogP contribution in [0.2, 0.25) is 0 Å². The molecule has 0 saturated carbocycles. The molecule has 0 aliphatic carbocycles. The number of halogens is 1. The molecule has 0 radical (unpaired) electrons. The minimum absolute atomic E-state index is 0.0649. The number of hydrogen-bond donors (Lipinski definition) is 1. The number of ether oxygens (including phenoxy) is 2. The molecule has 1 N–H and O–H groups in total. The van der Waals surface area contributed by atoms with E-state index in [-0.39, 0.29) is 12.5 Å². The maximum atomic E-state index is 12.3. The van der Waals surface area contributed by atoms with E-state index in [1.807, 2.05) is 36.4 Å². The number of amides is 1. The summed E-state index contributed by atoms with van der Waals surface area (Å²) >= 11 is 3.53. The molecule has 0 fully saturated rings. The van der Waals surface area contributed by atoms with Crippen LogP contribution in [-0.4, -0.2) is 19.1 Å². The van der Waals surface area contributed by atoms with Gasteiger partial charge < -0.3 is 14.8 Å². The second kappa shape index (κ2) is 11.0. The van der Waals surface area contributed by atoms with Crippen LogP contribution in [0.15, 0.2) is 46.9 Å². The van der Waals surface area contributed by atoms with Crippen molar-refractivity contribution in [2.75, 3.05) is 18.5 Å². The maximum absolute atomic E-state index is 12.3. The van der Waals surface area contributed by atoms with Gasteiger partial charge in [0.2, 0.25) is 0 Å². The van der Waals surface area contributed by atoms with Gasteiger partial charge in [-0.1, -0.05) is 45.4 Å². The van der Waals surface area contributed by atoms with Crippen molar-refractivity contribution in [2.24, 2.45) is 0 Å². The molecule has 146 valence electrons. The molecule has 2 aromatic rings. The fourth-order valence-corrected chi connectivity index (χ4v) is 3.04. The smallest absolute Gasteiger partial charge is 0.262 e. The average Bonchev–Trinajstić information content (AvgIpc) is 2.67. The van der Waals surface area contributed by atoms with Crippen molar-refractivity contribution in [3.05, 3.63) is 52.5 Å². The molecule has 0 aromatic heterocycles. The Morgan fingerprint density at radius 2 is 1.89 bits per heavy atom. The molecular formula is C22H28BrNO3. The van der Waals surface area contributed by atoms with E-state index in [2.05, 4.69) is 48.1 Å². The van der Waals surface area contributed by atoms with Gasteiger partial charge in [0.05, 0.1) is 16.8 Å². The highest BCUT2D eigenvalue weighted by atomic mass is 79.9. The van der Waals surface area contributed by atoms with Crippen LogP contribution in [0.25, 0.3) is 0 Å². The number of benzene rings is 2. The van der Waals surface area contributed by atoms with Crippen molar-refractivity contribution in [1.29, 1.82) is 0 Å². The molecule has 27 heavy (non-hydrogen) atoms. The zero-order valence-corrected chi connectivity index (χ0v) is 17.8. The number of para-hydroxylation sites is 2. The van der Waals surface area contributed by atoms with Gasteiger partial charge >= 0.3 is 0 Å². The number of nitrogens with one attached hydrogen (secondary N) is 1. The van der Waals surface area contributed by atoms with Crippen LogP contribution < -0.4 is 14.8 Å². The lowest BCUT2D eigenvalue weighted by atomic mass is 9.99. The topological polar surface area (TPSA) is 47.6 Å². The Hall–Kier alpha value is -2.01. The first kappa shape index (κ1) is 21.3. The van der Waals surface area contributed by atoms with Gasteiger partial charge in [0.25, 0.3) is 5.91 Å². The fraction of sp³-hybridized carbons (Fsp3) is 0.409. The monoisotopic (exact) mass is 433 g/mol. The van der Waals surface area contributed by atoms with E-state index in [4.69, 9.17) is 9.47 Å². The van der Waals surface area contributed by atoms with Crippen molar-refractivity contribution < 1.29 is 14.3 Å². The van der Waals surface area contributed by atoms with Gasteiger partial charge in [-0.05, 0) is 64.5 Å². The number of anilines is 1. The predicted octanol–water partition coefficient (Wildman–Crippen LogP) is 6.16. The van der Waals surface area contributed by atoms with Crippen molar-refractivity contribution in [1.82, 2.24) is 0 Å². The lowest BCUT2D eigenvalue weighted by molar-refractivity contribution is -0.118. The molecule has 0 aliphatic heterocycles. The Morgan fingerprint density at radius 3 is 2.59 bits per heavy atom. The molecule has 0 saturated heterocycles. The Bertz CT molecular complexity index is 748. The van der Waals surface area contributed by atoms with Crippen LogP contribution in [0.5, 0.6) is 11.5 Å². The Kier molecular flexibility index (Phi) is 8.65. The van der Waals surface area contributed by atoms with Gasteiger partial charge in [0.1, 0.15) is 11.5 Å². The molecule has 1 amide bonds. The molecule has 0 aliphatic rings. The number of carbonyl (C=O) groups excluding carboxylic acids is 1. The van der Waals surface area contributed by atoms with Crippen molar-refractivity contribution in [3.8, 4) is 11.5 Å². The Labute approximate surface area is 170 Å². The van der Waals surface area contributed by atoms with Crippen molar-refractivity contribution >= 4 is 27.5 Å². The summed E-state index contributed by atoms with van der Waals surface area (Å²) in [5, 5.41) is 2.86. The van der Waals surface area contributed by atoms with Crippen molar-refractivity contribution in [2.45, 2.75) is 46.0 Å². The quantitative estimate of drug-likeness (QED) is 0.456. The molecule has 1 unspecified atom stereocenters. The van der Waals surface area contributed by atoms with Gasteiger partial charge in [0.15, 0.2) is 6.61 Å². The summed E-state index contributed by atoms with van der Waals surface area (Å²) in [4.78, 5) is 12.3. The predicted molar refractivity (Wildman–Crippen MR) is 114 cm³/mol. The van der Waals surface area contributed by atoms with Gasteiger partial charge in [-0.25, -0.2) is 0 Å². The number of unbranched alkanes of at least 4 members (excludes halogenated alkanes) is 1. The van der Waals surface area contributed by atoms with Crippen molar-refractivity contribution in [3.63, 3.8) is 0 Å². The molecule has 0 spiro atoms. The van der Waals surface area contributed by atoms with Crippen LogP contribution in [0.4, 0.5) is 5.69 Å². The van der Waals surface area contributed by atoms with Gasteiger partial charge in [-0.3, -0.25) is 4.79 Å². The number of hydrogen-bond acceptors (Lipinski definition) is 3. The molecule has 4 nitrogen and oxygen atoms in total. The van der Waals surface area contributed by atoms with E-state index >= 15 is 0 Å². The van der Waals surface area contributed by atoms with E-state index in [0.29, 0.717) is 29.7 Å². The second-order valence-corrected chi connectivity index (χ2v) is 7.39. The third-order valence-corrected chi connectivity index (χ3v) is 5.03. The first-order chi connectivity index (χ1) is 13.0. The van der Waals surface area contributed by atoms with Gasteiger partial charge in [-0.15, -0.1) is 0 Å². The lowest BCUT2D eigenvalue weighted by Crippen LogP contribution is -2.20. The highest BCUT2D eigenvalue weighted by Crippen LogP contribution is 2.30. The summed E-state index contributed by atoms with van der Waals surface area (Å²) in [5.41, 5.74) is 1.91.